The predicted octanol–water partition coefficient (Wildman–Crippen LogP) is 3.23. The van der Waals surface area contributed by atoms with Crippen molar-refractivity contribution in [1.29, 1.82) is 0 Å². The summed E-state index contributed by atoms with van der Waals surface area (Å²) in [4.78, 5) is 0. The fourth-order valence-corrected chi connectivity index (χ4v) is 2.47. The van der Waals surface area contributed by atoms with Gasteiger partial charge in [-0.1, -0.05) is 6.07 Å². The van der Waals surface area contributed by atoms with E-state index in [1.807, 2.05) is 0 Å². The maximum Gasteiger partial charge on any atom is 0.168 e. The van der Waals surface area contributed by atoms with Crippen molar-refractivity contribution in [1.82, 2.24) is 14.8 Å². The number of ether oxygens (including phenoxy) is 1. The minimum absolute atomic E-state index is 0.211. The first-order chi connectivity index (χ1) is 9.19. The first kappa shape index (κ1) is 14.4. The van der Waals surface area contributed by atoms with Crippen LogP contribution in [0, 0.1) is 5.82 Å². The van der Waals surface area contributed by atoms with Gasteiger partial charge >= 0.3 is 0 Å². The fraction of sp³-hybridized carbons (Fsp3) is 0.333. The van der Waals surface area contributed by atoms with Crippen molar-refractivity contribution in [3.05, 3.63) is 34.3 Å². The Morgan fingerprint density at radius 1 is 1.42 bits per heavy atom. The average Bonchev–Trinajstić information content (AvgIpc) is 2.79. The molecule has 2 rings (SSSR count). The molecule has 0 saturated heterocycles. The summed E-state index contributed by atoms with van der Waals surface area (Å²) >= 11 is 9.15. The van der Waals surface area contributed by atoms with Crippen LogP contribution in [0.3, 0.4) is 0 Å². The summed E-state index contributed by atoms with van der Waals surface area (Å²) in [6.45, 7) is 0.989. The first-order valence-corrected chi connectivity index (χ1v) is 6.93. The molecule has 19 heavy (non-hydrogen) atoms. The third-order valence-corrected chi connectivity index (χ3v) is 3.55. The van der Waals surface area contributed by atoms with Gasteiger partial charge in [-0.05, 0) is 28.1 Å². The van der Waals surface area contributed by atoms with Crippen LogP contribution in [0.1, 0.15) is 5.82 Å². The quantitative estimate of drug-likeness (QED) is 0.779. The van der Waals surface area contributed by atoms with E-state index in [0.717, 1.165) is 0 Å². The zero-order chi connectivity index (χ0) is 13.8. The molecule has 0 atom stereocenters. The minimum atomic E-state index is -0.360. The molecule has 0 N–H and O–H groups in total. The molecule has 1 heterocycles. The average molecular weight is 349 g/mol. The highest BCUT2D eigenvalue weighted by atomic mass is 79.9. The third kappa shape index (κ3) is 2.96. The van der Waals surface area contributed by atoms with E-state index in [-0.39, 0.29) is 11.7 Å². The second kappa shape index (κ2) is 6.45. The Balaban J connectivity index is 2.52. The van der Waals surface area contributed by atoms with Gasteiger partial charge in [-0.25, -0.2) is 4.39 Å². The van der Waals surface area contributed by atoms with Crippen molar-refractivity contribution in [2.45, 2.75) is 12.4 Å². The number of methoxy groups -OCH3 is 1. The van der Waals surface area contributed by atoms with Gasteiger partial charge in [0.1, 0.15) is 11.6 Å². The molecule has 0 fully saturated rings. The first-order valence-electron chi connectivity index (χ1n) is 5.60. The van der Waals surface area contributed by atoms with Gasteiger partial charge in [0, 0.05) is 18.1 Å². The number of benzene rings is 1. The van der Waals surface area contributed by atoms with Crippen molar-refractivity contribution in [3.8, 4) is 11.4 Å². The van der Waals surface area contributed by atoms with Crippen molar-refractivity contribution >= 4 is 27.5 Å². The molecule has 7 heteroatoms. The van der Waals surface area contributed by atoms with Crippen molar-refractivity contribution < 1.29 is 9.13 Å². The Labute approximate surface area is 123 Å². The van der Waals surface area contributed by atoms with Gasteiger partial charge in [-0.3, -0.25) is 0 Å². The number of alkyl halides is 1. The largest absolute Gasteiger partial charge is 0.383 e. The van der Waals surface area contributed by atoms with Gasteiger partial charge in [-0.2, -0.15) is 0 Å². The van der Waals surface area contributed by atoms with Gasteiger partial charge in [-0.15, -0.1) is 21.8 Å². The third-order valence-electron chi connectivity index (χ3n) is 2.65. The van der Waals surface area contributed by atoms with Crippen LogP contribution < -0.4 is 0 Å². The Morgan fingerprint density at radius 3 is 2.84 bits per heavy atom. The van der Waals surface area contributed by atoms with Crippen LogP contribution in [0.15, 0.2) is 22.7 Å². The van der Waals surface area contributed by atoms with Crippen molar-refractivity contribution in [2.75, 3.05) is 13.7 Å². The Morgan fingerprint density at radius 2 is 2.21 bits per heavy atom. The highest BCUT2D eigenvalue weighted by molar-refractivity contribution is 9.10. The molecule has 102 valence electrons. The Bertz CT molecular complexity index is 556. The van der Waals surface area contributed by atoms with E-state index in [1.165, 1.54) is 6.07 Å². The molecule has 0 aliphatic heterocycles. The lowest BCUT2D eigenvalue weighted by atomic mass is 10.2. The zero-order valence-electron chi connectivity index (χ0n) is 10.2. The van der Waals surface area contributed by atoms with Crippen LogP contribution in [-0.2, 0) is 17.2 Å². The molecule has 4 nitrogen and oxygen atoms in total. The molecule has 1 aromatic heterocycles. The Kier molecular flexibility index (Phi) is 4.90. The second-order valence-electron chi connectivity index (χ2n) is 3.81. The van der Waals surface area contributed by atoms with E-state index in [9.17, 15) is 4.39 Å². The standard InChI is InChI=1S/C12H12BrClFN3O/c1-19-6-5-18-10(7-14)16-17-12(18)11-8(13)3-2-4-9(11)15/h2-4H,5-7H2,1H3. The van der Waals surface area contributed by atoms with E-state index in [0.29, 0.717) is 34.8 Å². The van der Waals surface area contributed by atoms with Crippen molar-refractivity contribution in [3.63, 3.8) is 0 Å². The van der Waals surface area contributed by atoms with E-state index in [2.05, 4.69) is 26.1 Å². The summed E-state index contributed by atoms with van der Waals surface area (Å²) in [6.07, 6.45) is 0. The summed E-state index contributed by atoms with van der Waals surface area (Å²) in [7, 11) is 1.60. The van der Waals surface area contributed by atoms with Crippen LogP contribution in [0.2, 0.25) is 0 Å². The number of hydrogen-bond acceptors (Lipinski definition) is 3. The number of halogens is 3. The lowest BCUT2D eigenvalue weighted by Gasteiger charge is -2.10. The molecular formula is C12H12BrClFN3O. The maximum atomic E-state index is 14.0. The number of hydrogen-bond donors (Lipinski definition) is 0. The smallest absolute Gasteiger partial charge is 0.168 e. The zero-order valence-corrected chi connectivity index (χ0v) is 12.6. The lowest BCUT2D eigenvalue weighted by molar-refractivity contribution is 0.187. The van der Waals surface area contributed by atoms with Crippen molar-refractivity contribution in [2.24, 2.45) is 0 Å². The molecule has 0 saturated carbocycles. The predicted molar refractivity (Wildman–Crippen MR) is 74.5 cm³/mol. The SMILES string of the molecule is COCCn1c(CCl)nnc1-c1c(F)cccc1Br. The molecule has 2 aromatic rings. The molecule has 0 aliphatic rings. The van der Waals surface area contributed by atoms with Crippen LogP contribution >= 0.6 is 27.5 Å². The topological polar surface area (TPSA) is 39.9 Å². The summed E-state index contributed by atoms with van der Waals surface area (Å²) in [5.41, 5.74) is 0.377. The van der Waals surface area contributed by atoms with Gasteiger partial charge in [0.05, 0.1) is 18.1 Å². The lowest BCUT2D eigenvalue weighted by Crippen LogP contribution is -2.09. The highest BCUT2D eigenvalue weighted by Crippen LogP contribution is 2.30. The molecule has 0 amide bonds. The monoisotopic (exact) mass is 347 g/mol. The van der Waals surface area contributed by atoms with Gasteiger partial charge in [0.15, 0.2) is 5.82 Å². The molecule has 0 radical (unpaired) electrons. The number of nitrogens with zero attached hydrogens (tertiary/aromatic N) is 3. The molecule has 0 aliphatic carbocycles. The fourth-order valence-electron chi connectivity index (χ4n) is 1.75. The van der Waals surface area contributed by atoms with Crippen LogP contribution in [0.25, 0.3) is 11.4 Å². The van der Waals surface area contributed by atoms with Gasteiger partial charge in [0.25, 0.3) is 0 Å². The van der Waals surface area contributed by atoms with Gasteiger partial charge < -0.3 is 9.30 Å². The molecule has 0 bridgehead atoms. The van der Waals surface area contributed by atoms with Crippen LogP contribution in [0.5, 0.6) is 0 Å². The van der Waals surface area contributed by atoms with E-state index >= 15 is 0 Å². The summed E-state index contributed by atoms with van der Waals surface area (Å²) in [5, 5.41) is 8.02. The Hall–Kier alpha value is -0.980. The number of aromatic nitrogens is 3. The molecule has 1 aromatic carbocycles. The van der Waals surface area contributed by atoms with Crippen LogP contribution in [-0.4, -0.2) is 28.5 Å². The van der Waals surface area contributed by atoms with Gasteiger partial charge in [0.2, 0.25) is 0 Å². The van der Waals surface area contributed by atoms with E-state index < -0.39 is 0 Å². The van der Waals surface area contributed by atoms with E-state index in [1.54, 1.807) is 23.8 Å². The molecule has 0 unspecified atom stereocenters. The summed E-state index contributed by atoms with van der Waals surface area (Å²) in [6, 6.07) is 4.77. The summed E-state index contributed by atoms with van der Waals surface area (Å²) in [5.74, 6) is 0.881. The number of rotatable bonds is 5. The molecule has 0 spiro atoms. The second-order valence-corrected chi connectivity index (χ2v) is 4.94. The normalized spacial score (nSPS) is 10.9. The van der Waals surface area contributed by atoms with Crippen LogP contribution in [0.4, 0.5) is 4.39 Å². The van der Waals surface area contributed by atoms with E-state index in [4.69, 9.17) is 16.3 Å². The molecular weight excluding hydrogens is 337 g/mol. The highest BCUT2D eigenvalue weighted by Gasteiger charge is 2.18. The minimum Gasteiger partial charge on any atom is -0.383 e. The maximum absolute atomic E-state index is 14.0. The summed E-state index contributed by atoms with van der Waals surface area (Å²) < 4.78 is 21.4.